The van der Waals surface area contributed by atoms with E-state index in [-0.39, 0.29) is 17.3 Å². The van der Waals surface area contributed by atoms with Crippen molar-refractivity contribution in [3.63, 3.8) is 0 Å². The first kappa shape index (κ1) is 20.4. The summed E-state index contributed by atoms with van der Waals surface area (Å²) in [6, 6.07) is 7.76. The second-order valence-corrected chi connectivity index (χ2v) is 8.01. The zero-order valence-electron chi connectivity index (χ0n) is 17.4. The molecule has 2 fully saturated rings. The summed E-state index contributed by atoms with van der Waals surface area (Å²) < 4.78 is 6.17. The van der Waals surface area contributed by atoms with Crippen LogP contribution < -0.4 is 5.73 Å². The fourth-order valence-electron chi connectivity index (χ4n) is 4.48. The molecular weight excluding hydrogens is 382 g/mol. The third kappa shape index (κ3) is 4.05. The summed E-state index contributed by atoms with van der Waals surface area (Å²) in [5.74, 6) is -0.262. The van der Waals surface area contributed by atoms with Crippen LogP contribution in [0.3, 0.4) is 0 Å². The Morgan fingerprint density at radius 3 is 2.33 bits per heavy atom. The zero-order chi connectivity index (χ0) is 21.1. The van der Waals surface area contributed by atoms with Crippen molar-refractivity contribution < 1.29 is 14.3 Å². The molecule has 8 heteroatoms. The van der Waals surface area contributed by atoms with Crippen molar-refractivity contribution >= 4 is 17.7 Å². The number of ether oxygens (including phenoxy) is 1. The standard InChI is InChI=1S/C22H29N5O3/c1-30-22(29)19-15-24-27(20(19)23)18-7-5-16(6-8-18)21(28)26-13-9-17(10-14-26)25-11-3-2-4-12-25/h5-8,15,17H,2-4,9-14,23H2,1H3. The number of benzene rings is 1. The molecule has 2 N–H and O–H groups in total. The smallest absolute Gasteiger partial charge is 0.343 e. The lowest BCUT2D eigenvalue weighted by Crippen LogP contribution is -2.48. The van der Waals surface area contributed by atoms with Gasteiger partial charge in [0.15, 0.2) is 0 Å². The van der Waals surface area contributed by atoms with E-state index < -0.39 is 5.97 Å². The van der Waals surface area contributed by atoms with Gasteiger partial charge in [-0.25, -0.2) is 9.48 Å². The molecule has 8 nitrogen and oxygen atoms in total. The van der Waals surface area contributed by atoms with Crippen LogP contribution in [0.25, 0.3) is 5.69 Å². The average Bonchev–Trinajstić information content (AvgIpc) is 3.20. The van der Waals surface area contributed by atoms with Crippen molar-refractivity contribution in [1.29, 1.82) is 0 Å². The van der Waals surface area contributed by atoms with Crippen molar-refractivity contribution in [3.05, 3.63) is 41.6 Å². The molecule has 0 spiro atoms. The Hall–Kier alpha value is -2.87. The van der Waals surface area contributed by atoms with E-state index in [0.717, 1.165) is 25.9 Å². The number of hydrogen-bond donors (Lipinski definition) is 1. The molecule has 1 amide bonds. The van der Waals surface area contributed by atoms with Gasteiger partial charge in [0.2, 0.25) is 0 Å². The Bertz CT molecular complexity index is 894. The normalized spacial score (nSPS) is 18.4. The molecule has 3 heterocycles. The minimum Gasteiger partial charge on any atom is -0.465 e. The summed E-state index contributed by atoms with van der Waals surface area (Å²) in [7, 11) is 1.30. The first-order chi connectivity index (χ1) is 14.6. The van der Waals surface area contributed by atoms with Crippen LogP contribution in [0.5, 0.6) is 0 Å². The summed E-state index contributed by atoms with van der Waals surface area (Å²) in [4.78, 5) is 29.2. The molecule has 0 aliphatic carbocycles. The molecule has 4 rings (SSSR count). The molecule has 2 saturated heterocycles. The number of nitrogen functional groups attached to an aromatic ring is 1. The highest BCUT2D eigenvalue weighted by Gasteiger charge is 2.28. The number of esters is 1. The van der Waals surface area contributed by atoms with E-state index in [9.17, 15) is 9.59 Å². The molecule has 0 saturated carbocycles. The van der Waals surface area contributed by atoms with Gasteiger partial charge >= 0.3 is 5.97 Å². The number of nitrogens with zero attached hydrogens (tertiary/aromatic N) is 4. The highest BCUT2D eigenvalue weighted by atomic mass is 16.5. The lowest BCUT2D eigenvalue weighted by molar-refractivity contribution is 0.0586. The van der Waals surface area contributed by atoms with E-state index in [1.165, 1.54) is 50.3 Å². The number of likely N-dealkylation sites (tertiary alicyclic amines) is 2. The molecule has 2 aliphatic heterocycles. The van der Waals surface area contributed by atoms with Crippen LogP contribution in [-0.2, 0) is 4.74 Å². The number of methoxy groups -OCH3 is 1. The quantitative estimate of drug-likeness (QED) is 0.776. The first-order valence-corrected chi connectivity index (χ1v) is 10.6. The van der Waals surface area contributed by atoms with Crippen LogP contribution in [-0.4, -0.2) is 70.8 Å². The summed E-state index contributed by atoms with van der Waals surface area (Å²) in [6.07, 6.45) is 7.42. The lowest BCUT2D eigenvalue weighted by atomic mass is 9.99. The Kier molecular flexibility index (Phi) is 6.03. The van der Waals surface area contributed by atoms with Gasteiger partial charge in [-0.1, -0.05) is 6.42 Å². The summed E-state index contributed by atoms with van der Waals surface area (Å²) in [5.41, 5.74) is 7.57. The molecule has 0 bridgehead atoms. The molecule has 1 aromatic heterocycles. The Labute approximate surface area is 176 Å². The van der Waals surface area contributed by atoms with Crippen molar-refractivity contribution in [2.75, 3.05) is 39.0 Å². The van der Waals surface area contributed by atoms with Crippen molar-refractivity contribution in [1.82, 2.24) is 19.6 Å². The predicted octanol–water partition coefficient (Wildman–Crippen LogP) is 2.33. The molecule has 30 heavy (non-hydrogen) atoms. The van der Waals surface area contributed by atoms with Gasteiger partial charge in [0.1, 0.15) is 11.4 Å². The maximum absolute atomic E-state index is 12.9. The van der Waals surface area contributed by atoms with Crippen molar-refractivity contribution in [3.8, 4) is 5.69 Å². The van der Waals surface area contributed by atoms with Crippen LogP contribution in [0.1, 0.15) is 52.8 Å². The van der Waals surface area contributed by atoms with E-state index in [1.54, 1.807) is 24.3 Å². The number of carbonyl (C=O) groups excluding carboxylic acids is 2. The van der Waals surface area contributed by atoms with Crippen LogP contribution in [0.2, 0.25) is 0 Å². The number of rotatable bonds is 4. The Morgan fingerprint density at radius 2 is 1.70 bits per heavy atom. The van der Waals surface area contributed by atoms with Gasteiger partial charge in [0.05, 0.1) is 19.0 Å². The second kappa shape index (κ2) is 8.87. The third-order valence-electron chi connectivity index (χ3n) is 6.23. The van der Waals surface area contributed by atoms with Gasteiger partial charge < -0.3 is 20.3 Å². The van der Waals surface area contributed by atoms with Gasteiger partial charge in [-0.2, -0.15) is 5.10 Å². The first-order valence-electron chi connectivity index (χ1n) is 10.6. The Balaban J connectivity index is 1.39. The van der Waals surface area contributed by atoms with Crippen molar-refractivity contribution in [2.45, 2.75) is 38.1 Å². The number of aromatic nitrogens is 2. The Morgan fingerprint density at radius 1 is 1.03 bits per heavy atom. The van der Waals surface area contributed by atoms with Crippen molar-refractivity contribution in [2.24, 2.45) is 0 Å². The largest absolute Gasteiger partial charge is 0.465 e. The third-order valence-corrected chi connectivity index (χ3v) is 6.23. The van der Waals surface area contributed by atoms with Gasteiger partial charge in [-0.05, 0) is 63.0 Å². The molecule has 160 valence electrons. The van der Waals surface area contributed by atoms with E-state index in [0.29, 0.717) is 17.3 Å². The number of nitrogens with two attached hydrogens (primary N) is 1. The van der Waals surface area contributed by atoms with E-state index in [1.807, 2.05) is 4.90 Å². The predicted molar refractivity (Wildman–Crippen MR) is 114 cm³/mol. The fraction of sp³-hybridized carbons (Fsp3) is 0.500. The number of hydrogen-bond acceptors (Lipinski definition) is 6. The lowest BCUT2D eigenvalue weighted by Gasteiger charge is -2.40. The van der Waals surface area contributed by atoms with Gasteiger partial charge in [0, 0.05) is 24.7 Å². The average molecular weight is 412 g/mol. The van der Waals surface area contributed by atoms with Crippen LogP contribution in [0.4, 0.5) is 5.82 Å². The molecule has 0 radical (unpaired) electrons. The topological polar surface area (TPSA) is 93.7 Å². The summed E-state index contributed by atoms with van der Waals surface area (Å²) in [6.45, 7) is 4.01. The monoisotopic (exact) mass is 411 g/mol. The summed E-state index contributed by atoms with van der Waals surface area (Å²) >= 11 is 0. The fourth-order valence-corrected chi connectivity index (χ4v) is 4.48. The molecule has 1 aromatic carbocycles. The molecule has 0 unspecified atom stereocenters. The van der Waals surface area contributed by atoms with Gasteiger partial charge in [-0.15, -0.1) is 0 Å². The number of piperidine rings is 2. The van der Waals surface area contributed by atoms with Gasteiger partial charge in [-0.3, -0.25) is 4.79 Å². The van der Waals surface area contributed by atoms with Gasteiger partial charge in [0.25, 0.3) is 5.91 Å². The van der Waals surface area contributed by atoms with E-state index in [4.69, 9.17) is 10.5 Å². The summed E-state index contributed by atoms with van der Waals surface area (Å²) in [5, 5.41) is 4.16. The minimum atomic E-state index is -0.529. The number of carbonyl (C=O) groups is 2. The highest BCUT2D eigenvalue weighted by Crippen LogP contribution is 2.23. The maximum atomic E-state index is 12.9. The van der Waals surface area contributed by atoms with Crippen LogP contribution in [0, 0.1) is 0 Å². The molecule has 0 atom stereocenters. The van der Waals surface area contributed by atoms with E-state index in [2.05, 4.69) is 10.00 Å². The van der Waals surface area contributed by atoms with Crippen LogP contribution in [0.15, 0.2) is 30.5 Å². The molecule has 2 aromatic rings. The number of anilines is 1. The minimum absolute atomic E-state index is 0.0577. The second-order valence-electron chi connectivity index (χ2n) is 8.01. The number of amides is 1. The van der Waals surface area contributed by atoms with Crippen LogP contribution >= 0.6 is 0 Å². The SMILES string of the molecule is COC(=O)c1cnn(-c2ccc(C(=O)N3CCC(N4CCCCC4)CC3)cc2)c1N. The zero-order valence-corrected chi connectivity index (χ0v) is 17.4. The molecule has 2 aliphatic rings. The molecular formula is C22H29N5O3. The highest BCUT2D eigenvalue weighted by molar-refractivity contribution is 5.95. The van der Waals surface area contributed by atoms with E-state index >= 15 is 0 Å². The maximum Gasteiger partial charge on any atom is 0.343 e.